The third-order valence-electron chi connectivity index (χ3n) is 8.32. The van der Waals surface area contributed by atoms with Crippen LogP contribution in [0, 0.1) is 5.92 Å². The van der Waals surface area contributed by atoms with Crippen molar-refractivity contribution in [2.24, 2.45) is 5.92 Å². The summed E-state index contributed by atoms with van der Waals surface area (Å²) in [6, 6.07) is 29.6. The van der Waals surface area contributed by atoms with Crippen LogP contribution in [0.4, 0.5) is 5.69 Å². The predicted octanol–water partition coefficient (Wildman–Crippen LogP) is 6.32. The smallest absolute Gasteiger partial charge is 0.238 e. The highest BCUT2D eigenvalue weighted by molar-refractivity contribution is 6.34. The summed E-state index contributed by atoms with van der Waals surface area (Å²) in [5, 5.41) is 3.35. The van der Waals surface area contributed by atoms with E-state index in [2.05, 4.69) is 5.32 Å². The minimum absolute atomic E-state index is 0.218. The first-order chi connectivity index (χ1) is 19.0. The van der Waals surface area contributed by atoms with Gasteiger partial charge in [-0.2, -0.15) is 0 Å². The summed E-state index contributed by atoms with van der Waals surface area (Å²) < 4.78 is 0. The van der Waals surface area contributed by atoms with E-state index in [1.54, 1.807) is 48.5 Å². The summed E-state index contributed by atoms with van der Waals surface area (Å²) in [4.78, 5) is 45.5. The zero-order chi connectivity index (χ0) is 26.7. The molecule has 0 radical (unpaired) electrons. The normalized spacial score (nSPS) is 24.2. The molecule has 0 bridgehead atoms. The van der Waals surface area contributed by atoms with E-state index in [1.807, 2.05) is 71.8 Å². The SMILES string of the molecule is O=C(c1ccccc1)[C@@H]1[C@H](C(=O)c2ccccc2Cl)[C@@]2(C(=O)Nc3ccccc32)[C@H]2c3ccccc3C=CN12. The molecule has 3 heterocycles. The van der Waals surface area contributed by atoms with Crippen LogP contribution in [0.1, 0.15) is 43.4 Å². The van der Waals surface area contributed by atoms with Crippen LogP contribution in [-0.4, -0.2) is 28.4 Å². The average molecular weight is 531 g/mol. The van der Waals surface area contributed by atoms with Gasteiger partial charge in [-0.25, -0.2) is 0 Å². The summed E-state index contributed by atoms with van der Waals surface area (Å²) in [7, 11) is 0. The van der Waals surface area contributed by atoms with Crippen LogP contribution in [0.5, 0.6) is 0 Å². The van der Waals surface area contributed by atoms with Crippen LogP contribution in [0.2, 0.25) is 5.02 Å². The van der Waals surface area contributed by atoms with Crippen LogP contribution in [0.25, 0.3) is 6.08 Å². The maximum atomic E-state index is 14.7. The van der Waals surface area contributed by atoms with Crippen LogP contribution in [0.15, 0.2) is 109 Å². The van der Waals surface area contributed by atoms with Gasteiger partial charge in [0.25, 0.3) is 0 Å². The van der Waals surface area contributed by atoms with Gasteiger partial charge >= 0.3 is 0 Å². The second kappa shape index (κ2) is 8.79. The molecule has 1 N–H and O–H groups in total. The Labute approximate surface area is 230 Å². The van der Waals surface area contributed by atoms with E-state index in [-0.39, 0.29) is 22.5 Å². The molecule has 4 aromatic carbocycles. The molecule has 3 aliphatic heterocycles. The second-order valence-electron chi connectivity index (χ2n) is 10.2. The number of benzene rings is 4. The lowest BCUT2D eigenvalue weighted by atomic mass is 9.62. The molecule has 4 aromatic rings. The van der Waals surface area contributed by atoms with Crippen molar-refractivity contribution in [1.82, 2.24) is 4.90 Å². The molecular formula is C33H23ClN2O3. The molecule has 1 fully saturated rings. The Bertz CT molecular complexity index is 1700. The first kappa shape index (κ1) is 23.6. The zero-order valence-electron chi connectivity index (χ0n) is 20.8. The van der Waals surface area contributed by atoms with Gasteiger partial charge in [0.2, 0.25) is 5.91 Å². The third kappa shape index (κ3) is 3.23. The van der Waals surface area contributed by atoms with Gasteiger partial charge in [-0.3, -0.25) is 14.4 Å². The third-order valence-corrected chi connectivity index (χ3v) is 8.65. The molecule has 1 amide bonds. The fraction of sp³-hybridized carbons (Fsp3) is 0.121. The van der Waals surface area contributed by atoms with Crippen LogP contribution >= 0.6 is 11.6 Å². The molecular weight excluding hydrogens is 508 g/mol. The molecule has 5 nitrogen and oxygen atoms in total. The maximum Gasteiger partial charge on any atom is 0.238 e. The van der Waals surface area contributed by atoms with E-state index in [0.717, 1.165) is 11.1 Å². The lowest BCUT2D eigenvalue weighted by Crippen LogP contribution is -2.49. The van der Waals surface area contributed by atoms with E-state index in [1.165, 1.54) is 0 Å². The van der Waals surface area contributed by atoms with Crippen molar-refractivity contribution >= 4 is 40.8 Å². The van der Waals surface area contributed by atoms with Gasteiger partial charge in [0.05, 0.1) is 17.0 Å². The topological polar surface area (TPSA) is 66.5 Å². The molecule has 190 valence electrons. The molecule has 39 heavy (non-hydrogen) atoms. The van der Waals surface area contributed by atoms with Crippen molar-refractivity contribution in [3.63, 3.8) is 0 Å². The summed E-state index contributed by atoms with van der Waals surface area (Å²) in [6.07, 6.45) is 3.82. The summed E-state index contributed by atoms with van der Waals surface area (Å²) in [5.41, 5.74) is 2.61. The number of carbonyl (C=O) groups excluding carboxylic acids is 3. The molecule has 1 spiro atoms. The standard InChI is InChI=1S/C33H23ClN2O3/c34-25-16-8-6-14-23(25)30(38)27-28(29(37)21-11-2-1-3-12-21)36-19-18-20-10-4-5-13-22(20)31(36)33(27)24-15-7-9-17-26(24)35-32(33)39/h1-19,27-28,31H,(H,35,39)/t27-,28+,31-,33-/m1/s1. The predicted molar refractivity (Wildman–Crippen MR) is 151 cm³/mol. The van der Waals surface area contributed by atoms with Gasteiger partial charge in [0.1, 0.15) is 11.5 Å². The fourth-order valence-corrected chi connectivity index (χ4v) is 7.00. The van der Waals surface area contributed by atoms with Crippen molar-refractivity contribution in [2.45, 2.75) is 17.5 Å². The van der Waals surface area contributed by atoms with E-state index >= 15 is 0 Å². The van der Waals surface area contributed by atoms with Crippen molar-refractivity contribution in [2.75, 3.05) is 5.32 Å². The first-order valence-electron chi connectivity index (χ1n) is 12.9. The Balaban J connectivity index is 1.56. The minimum atomic E-state index is -1.37. The van der Waals surface area contributed by atoms with Crippen molar-refractivity contribution in [3.05, 3.63) is 142 Å². The lowest BCUT2D eigenvalue weighted by molar-refractivity contribution is -0.122. The molecule has 0 aromatic heterocycles. The van der Waals surface area contributed by atoms with Gasteiger partial charge in [-0.1, -0.05) is 96.5 Å². The Morgan fingerprint density at radius 1 is 0.795 bits per heavy atom. The van der Waals surface area contributed by atoms with Gasteiger partial charge in [0.15, 0.2) is 11.6 Å². The Morgan fingerprint density at radius 3 is 2.31 bits per heavy atom. The number of hydrogen-bond donors (Lipinski definition) is 1. The van der Waals surface area contributed by atoms with Crippen LogP contribution in [0.3, 0.4) is 0 Å². The molecule has 1 saturated heterocycles. The summed E-state index contributed by atoms with van der Waals surface area (Å²) >= 11 is 6.57. The van der Waals surface area contributed by atoms with Crippen LogP contribution < -0.4 is 5.32 Å². The van der Waals surface area contributed by atoms with Gasteiger partial charge in [-0.05, 0) is 41.0 Å². The van der Waals surface area contributed by atoms with E-state index in [0.29, 0.717) is 22.4 Å². The molecule has 4 atom stereocenters. The van der Waals surface area contributed by atoms with E-state index in [9.17, 15) is 14.4 Å². The van der Waals surface area contributed by atoms with Gasteiger partial charge in [0, 0.05) is 23.0 Å². The number of rotatable bonds is 4. The summed E-state index contributed by atoms with van der Waals surface area (Å²) in [5.74, 6) is -1.89. The molecule has 0 aliphatic carbocycles. The molecule has 3 aliphatic rings. The van der Waals surface area contributed by atoms with E-state index in [4.69, 9.17) is 11.6 Å². The van der Waals surface area contributed by atoms with E-state index < -0.39 is 23.4 Å². The molecule has 0 unspecified atom stereocenters. The number of nitrogens with zero attached hydrogens (tertiary/aromatic N) is 1. The fourth-order valence-electron chi connectivity index (χ4n) is 6.77. The number of Topliss-reactive ketones (excluding diaryl/α,β-unsaturated/α-hetero) is 2. The number of halogens is 1. The largest absolute Gasteiger partial charge is 0.358 e. The monoisotopic (exact) mass is 530 g/mol. The number of para-hydroxylation sites is 1. The highest BCUT2D eigenvalue weighted by Crippen LogP contribution is 2.62. The Morgan fingerprint density at radius 2 is 1.49 bits per heavy atom. The zero-order valence-corrected chi connectivity index (χ0v) is 21.5. The highest BCUT2D eigenvalue weighted by atomic mass is 35.5. The van der Waals surface area contributed by atoms with Crippen molar-refractivity contribution < 1.29 is 14.4 Å². The maximum absolute atomic E-state index is 14.7. The van der Waals surface area contributed by atoms with Gasteiger partial charge < -0.3 is 10.2 Å². The number of ketones is 2. The number of anilines is 1. The Hall–Kier alpha value is -4.48. The molecule has 7 rings (SSSR count). The number of fused-ring (bicyclic) bond motifs is 6. The number of nitrogens with one attached hydrogen (secondary N) is 1. The Kier molecular flexibility index (Phi) is 5.32. The van der Waals surface area contributed by atoms with Crippen molar-refractivity contribution in [1.29, 1.82) is 0 Å². The molecule has 6 heteroatoms. The number of hydrogen-bond acceptors (Lipinski definition) is 4. The number of amides is 1. The minimum Gasteiger partial charge on any atom is -0.358 e. The average Bonchev–Trinajstić information content (AvgIpc) is 3.45. The van der Waals surface area contributed by atoms with Gasteiger partial charge in [-0.15, -0.1) is 0 Å². The first-order valence-corrected chi connectivity index (χ1v) is 13.2. The lowest BCUT2D eigenvalue weighted by Gasteiger charge is -2.38. The summed E-state index contributed by atoms with van der Waals surface area (Å²) in [6.45, 7) is 0. The quantitative estimate of drug-likeness (QED) is 0.313. The number of carbonyl (C=O) groups is 3. The molecule has 0 saturated carbocycles. The second-order valence-corrected chi connectivity index (χ2v) is 10.6. The van der Waals surface area contributed by atoms with Crippen molar-refractivity contribution in [3.8, 4) is 0 Å². The van der Waals surface area contributed by atoms with Crippen LogP contribution in [-0.2, 0) is 10.2 Å². The highest BCUT2D eigenvalue weighted by Gasteiger charge is 2.70.